The van der Waals surface area contributed by atoms with Gasteiger partial charge in [0.25, 0.3) is 0 Å². The van der Waals surface area contributed by atoms with Crippen molar-refractivity contribution in [3.63, 3.8) is 0 Å². The molecule has 1 aromatic carbocycles. The summed E-state index contributed by atoms with van der Waals surface area (Å²) >= 11 is 0. The molecule has 1 aromatic rings. The Morgan fingerprint density at radius 3 is 1.74 bits per heavy atom. The summed E-state index contributed by atoms with van der Waals surface area (Å²) in [6, 6.07) is 0. The van der Waals surface area contributed by atoms with Gasteiger partial charge in [0.2, 0.25) is 5.82 Å². The summed E-state index contributed by atoms with van der Waals surface area (Å²) in [7, 11) is 0. The van der Waals surface area contributed by atoms with Crippen LogP contribution in [0.5, 0.6) is 0 Å². The first-order valence-corrected chi connectivity index (χ1v) is 5.81. The van der Waals surface area contributed by atoms with Crippen LogP contribution in [0.25, 0.3) is 0 Å². The Morgan fingerprint density at radius 2 is 1.37 bits per heavy atom. The molecule has 108 valence electrons. The van der Waals surface area contributed by atoms with E-state index in [2.05, 4.69) is 0 Å². The van der Waals surface area contributed by atoms with Crippen molar-refractivity contribution in [2.24, 2.45) is 11.7 Å². The maximum atomic E-state index is 13.6. The Morgan fingerprint density at radius 1 is 0.947 bits per heavy atom. The second kappa shape index (κ2) is 6.18. The normalized spacial score (nSPS) is 12.6. The van der Waals surface area contributed by atoms with Gasteiger partial charge in [-0.2, -0.15) is 0 Å². The number of hydrogen-bond acceptors (Lipinski definition) is 2. The van der Waals surface area contributed by atoms with Gasteiger partial charge in [-0.3, -0.25) is 0 Å². The minimum atomic E-state index is -2.15. The third kappa shape index (κ3) is 2.97. The molecule has 0 radical (unpaired) electrons. The first-order valence-electron chi connectivity index (χ1n) is 5.81. The topological polar surface area (TPSA) is 29.3 Å². The number of anilines is 1. The van der Waals surface area contributed by atoms with E-state index < -0.39 is 34.8 Å². The van der Waals surface area contributed by atoms with Gasteiger partial charge >= 0.3 is 0 Å². The lowest BCUT2D eigenvalue weighted by Gasteiger charge is -2.27. The van der Waals surface area contributed by atoms with Crippen LogP contribution < -0.4 is 10.6 Å². The molecule has 0 fully saturated rings. The Labute approximate surface area is 108 Å². The highest BCUT2D eigenvalue weighted by Crippen LogP contribution is 2.30. The standard InChI is InChI=1S/C12H15F5N2/c1-3-19(5-6(2)4-18)12-10(16)8(14)7(13)9(15)11(12)17/h6H,3-5,18H2,1-2H3. The molecule has 2 nitrogen and oxygen atoms in total. The van der Waals surface area contributed by atoms with E-state index in [-0.39, 0.29) is 25.6 Å². The average molecular weight is 282 g/mol. The van der Waals surface area contributed by atoms with E-state index in [0.29, 0.717) is 0 Å². The van der Waals surface area contributed by atoms with Crippen molar-refractivity contribution >= 4 is 5.69 Å². The fraction of sp³-hybridized carbons (Fsp3) is 0.500. The molecule has 7 heteroatoms. The number of benzene rings is 1. The second-order valence-corrected chi connectivity index (χ2v) is 4.30. The van der Waals surface area contributed by atoms with Crippen LogP contribution >= 0.6 is 0 Å². The largest absolute Gasteiger partial charge is 0.367 e. The van der Waals surface area contributed by atoms with Gasteiger partial charge in [-0.1, -0.05) is 6.92 Å². The third-order valence-electron chi connectivity index (χ3n) is 2.82. The zero-order chi connectivity index (χ0) is 14.7. The Hall–Kier alpha value is -1.37. The summed E-state index contributed by atoms with van der Waals surface area (Å²) < 4.78 is 66.3. The predicted molar refractivity (Wildman–Crippen MR) is 62.3 cm³/mol. The fourth-order valence-electron chi connectivity index (χ4n) is 1.70. The van der Waals surface area contributed by atoms with Gasteiger partial charge < -0.3 is 10.6 Å². The lowest BCUT2D eigenvalue weighted by Crippen LogP contribution is -2.33. The molecule has 0 spiro atoms. The predicted octanol–water partition coefficient (Wildman–Crippen LogP) is 2.80. The van der Waals surface area contributed by atoms with Crippen molar-refractivity contribution in [3.05, 3.63) is 29.1 Å². The van der Waals surface area contributed by atoms with Crippen molar-refractivity contribution in [2.45, 2.75) is 13.8 Å². The molecule has 0 aliphatic carbocycles. The van der Waals surface area contributed by atoms with Crippen molar-refractivity contribution < 1.29 is 22.0 Å². The van der Waals surface area contributed by atoms with Gasteiger partial charge in [0.1, 0.15) is 5.69 Å². The number of rotatable bonds is 5. The summed E-state index contributed by atoms with van der Waals surface area (Å²) in [4.78, 5) is 1.09. The molecule has 1 atom stereocenters. The first-order chi connectivity index (χ1) is 8.84. The molecule has 0 saturated heterocycles. The quantitative estimate of drug-likeness (QED) is 0.511. The van der Waals surface area contributed by atoms with Gasteiger partial charge in [-0.05, 0) is 19.4 Å². The summed E-state index contributed by atoms with van der Waals surface area (Å²) in [6.45, 7) is 3.72. The van der Waals surface area contributed by atoms with Gasteiger partial charge in [-0.15, -0.1) is 0 Å². The lowest BCUT2D eigenvalue weighted by atomic mass is 10.1. The van der Waals surface area contributed by atoms with Gasteiger partial charge in [0.15, 0.2) is 23.3 Å². The van der Waals surface area contributed by atoms with Crippen LogP contribution in [0, 0.1) is 35.0 Å². The monoisotopic (exact) mass is 282 g/mol. The molecule has 0 aliphatic rings. The zero-order valence-electron chi connectivity index (χ0n) is 10.6. The van der Waals surface area contributed by atoms with Crippen molar-refractivity contribution in [1.82, 2.24) is 0 Å². The summed E-state index contributed by atoms with van der Waals surface area (Å²) in [5.41, 5.74) is 4.49. The Kier molecular flexibility index (Phi) is 5.11. The number of halogens is 5. The highest BCUT2D eigenvalue weighted by Gasteiger charge is 2.28. The van der Waals surface area contributed by atoms with E-state index in [1.807, 2.05) is 0 Å². The summed E-state index contributed by atoms with van der Waals surface area (Å²) in [5, 5.41) is 0. The van der Waals surface area contributed by atoms with Crippen molar-refractivity contribution in [3.8, 4) is 0 Å². The molecule has 0 aromatic heterocycles. The molecule has 19 heavy (non-hydrogen) atoms. The fourth-order valence-corrected chi connectivity index (χ4v) is 1.70. The number of nitrogens with two attached hydrogens (primary N) is 1. The van der Waals surface area contributed by atoms with Crippen LogP contribution in [0.1, 0.15) is 13.8 Å². The number of hydrogen-bond donors (Lipinski definition) is 1. The van der Waals surface area contributed by atoms with Gasteiger partial charge in [0, 0.05) is 13.1 Å². The molecule has 0 amide bonds. The average Bonchev–Trinajstić information content (AvgIpc) is 2.41. The van der Waals surface area contributed by atoms with Crippen LogP contribution in [-0.2, 0) is 0 Å². The highest BCUT2D eigenvalue weighted by molar-refractivity contribution is 5.50. The number of nitrogens with zero attached hydrogens (tertiary/aromatic N) is 1. The summed E-state index contributed by atoms with van der Waals surface area (Å²) in [6.07, 6.45) is 0. The first kappa shape index (κ1) is 15.7. The van der Waals surface area contributed by atoms with Crippen LogP contribution in [0.2, 0.25) is 0 Å². The molecule has 0 saturated carbocycles. The minimum absolute atomic E-state index is 0.0999. The molecule has 1 unspecified atom stereocenters. The maximum absolute atomic E-state index is 13.6. The van der Waals surface area contributed by atoms with Crippen molar-refractivity contribution in [2.75, 3.05) is 24.5 Å². The lowest BCUT2D eigenvalue weighted by molar-refractivity contribution is 0.377. The van der Waals surface area contributed by atoms with E-state index in [4.69, 9.17) is 5.73 Å². The molecule has 0 aliphatic heterocycles. The molecule has 0 bridgehead atoms. The maximum Gasteiger partial charge on any atom is 0.200 e. The summed E-state index contributed by atoms with van der Waals surface area (Å²) in [5.74, 6) is -9.80. The van der Waals surface area contributed by atoms with E-state index in [0.717, 1.165) is 4.90 Å². The van der Waals surface area contributed by atoms with Crippen molar-refractivity contribution in [1.29, 1.82) is 0 Å². The minimum Gasteiger partial charge on any atom is -0.367 e. The van der Waals surface area contributed by atoms with E-state index in [1.54, 1.807) is 13.8 Å². The second-order valence-electron chi connectivity index (χ2n) is 4.30. The third-order valence-corrected chi connectivity index (χ3v) is 2.82. The molecular formula is C12H15F5N2. The van der Waals surface area contributed by atoms with Crippen LogP contribution in [0.15, 0.2) is 0 Å². The molecular weight excluding hydrogens is 267 g/mol. The van der Waals surface area contributed by atoms with E-state index >= 15 is 0 Å². The van der Waals surface area contributed by atoms with Crippen LogP contribution in [-0.4, -0.2) is 19.6 Å². The van der Waals surface area contributed by atoms with E-state index in [1.165, 1.54) is 0 Å². The van der Waals surface area contributed by atoms with Crippen LogP contribution in [0.4, 0.5) is 27.6 Å². The Balaban J connectivity index is 3.32. The zero-order valence-corrected chi connectivity index (χ0v) is 10.6. The smallest absolute Gasteiger partial charge is 0.200 e. The molecule has 2 N–H and O–H groups in total. The Bertz CT molecular complexity index is 435. The molecule has 0 heterocycles. The SMILES string of the molecule is CCN(CC(C)CN)c1c(F)c(F)c(F)c(F)c1F. The van der Waals surface area contributed by atoms with Gasteiger partial charge in [0.05, 0.1) is 0 Å². The highest BCUT2D eigenvalue weighted by atomic mass is 19.2. The van der Waals surface area contributed by atoms with Crippen LogP contribution in [0.3, 0.4) is 0 Å². The van der Waals surface area contributed by atoms with E-state index in [9.17, 15) is 22.0 Å². The molecule has 1 rings (SSSR count). The van der Waals surface area contributed by atoms with Gasteiger partial charge in [-0.25, -0.2) is 22.0 Å².